The maximum atomic E-state index is 12.0. The van der Waals surface area contributed by atoms with Crippen LogP contribution in [0.3, 0.4) is 0 Å². The molecule has 1 amide bonds. The van der Waals surface area contributed by atoms with Gasteiger partial charge in [-0.1, -0.05) is 0 Å². The van der Waals surface area contributed by atoms with E-state index in [1.165, 1.54) is 0 Å². The molecule has 2 N–H and O–H groups in total. The number of nitrogens with one attached hydrogen (secondary N) is 2. The second-order valence-corrected chi connectivity index (χ2v) is 4.89. The van der Waals surface area contributed by atoms with E-state index in [0.29, 0.717) is 30.7 Å². The van der Waals surface area contributed by atoms with Crippen LogP contribution in [0.2, 0.25) is 0 Å². The summed E-state index contributed by atoms with van der Waals surface area (Å²) in [5, 5.41) is 2.75. The number of hydrogen-bond donors (Lipinski definition) is 2. The Hall–Kier alpha value is -1.69. The summed E-state index contributed by atoms with van der Waals surface area (Å²) in [7, 11) is 0. The quantitative estimate of drug-likeness (QED) is 0.794. The SMILES string of the molecule is Cc1nc(C2CC2)[nH]c(=O)c1C(=O)NC1COC1. The van der Waals surface area contributed by atoms with E-state index in [2.05, 4.69) is 15.3 Å². The molecule has 0 unspecified atom stereocenters. The minimum Gasteiger partial charge on any atom is -0.377 e. The Kier molecular flexibility index (Phi) is 2.66. The number of aromatic amines is 1. The molecular formula is C12H15N3O3. The lowest BCUT2D eigenvalue weighted by molar-refractivity contribution is -0.00351. The number of aromatic nitrogens is 2. The van der Waals surface area contributed by atoms with E-state index in [1.54, 1.807) is 6.92 Å². The first-order valence-electron chi connectivity index (χ1n) is 6.14. The molecule has 1 saturated carbocycles. The fourth-order valence-electron chi connectivity index (χ4n) is 2.00. The first-order chi connectivity index (χ1) is 8.65. The summed E-state index contributed by atoms with van der Waals surface area (Å²) in [6, 6.07) is 0.0133. The van der Waals surface area contributed by atoms with Crippen LogP contribution in [0.4, 0.5) is 0 Å². The van der Waals surface area contributed by atoms with E-state index in [9.17, 15) is 9.59 Å². The van der Waals surface area contributed by atoms with Crippen LogP contribution in [-0.2, 0) is 4.74 Å². The van der Waals surface area contributed by atoms with Crippen molar-refractivity contribution >= 4 is 5.91 Å². The topological polar surface area (TPSA) is 84.1 Å². The first-order valence-corrected chi connectivity index (χ1v) is 6.14. The Labute approximate surface area is 104 Å². The van der Waals surface area contributed by atoms with Crippen molar-refractivity contribution in [3.8, 4) is 0 Å². The van der Waals surface area contributed by atoms with Crippen LogP contribution in [-0.4, -0.2) is 35.1 Å². The van der Waals surface area contributed by atoms with Gasteiger partial charge in [0.2, 0.25) is 0 Å². The summed E-state index contributed by atoms with van der Waals surface area (Å²) < 4.78 is 4.97. The molecule has 2 fully saturated rings. The van der Waals surface area contributed by atoms with Gasteiger partial charge in [0.15, 0.2) is 0 Å². The molecule has 18 heavy (non-hydrogen) atoms. The molecule has 1 aliphatic carbocycles. The third-order valence-corrected chi connectivity index (χ3v) is 3.28. The minimum absolute atomic E-state index is 0.0133. The summed E-state index contributed by atoms with van der Waals surface area (Å²) in [6.07, 6.45) is 2.13. The van der Waals surface area contributed by atoms with E-state index in [-0.39, 0.29) is 23.1 Å². The summed E-state index contributed by atoms with van der Waals surface area (Å²) in [6.45, 7) is 2.72. The lowest BCUT2D eigenvalue weighted by Crippen LogP contribution is -2.49. The number of nitrogens with zero attached hydrogens (tertiary/aromatic N) is 1. The van der Waals surface area contributed by atoms with Crippen molar-refractivity contribution in [2.45, 2.75) is 31.7 Å². The van der Waals surface area contributed by atoms with Gasteiger partial charge in [-0.15, -0.1) is 0 Å². The number of H-pyrrole nitrogens is 1. The molecule has 0 radical (unpaired) electrons. The molecule has 96 valence electrons. The minimum atomic E-state index is -0.364. The van der Waals surface area contributed by atoms with Gasteiger partial charge in [0.05, 0.1) is 24.9 Å². The lowest BCUT2D eigenvalue weighted by atomic mass is 10.2. The van der Waals surface area contributed by atoms with Crippen molar-refractivity contribution < 1.29 is 9.53 Å². The van der Waals surface area contributed by atoms with Crippen molar-refractivity contribution in [1.29, 1.82) is 0 Å². The molecule has 3 rings (SSSR count). The van der Waals surface area contributed by atoms with E-state index in [0.717, 1.165) is 12.8 Å². The highest BCUT2D eigenvalue weighted by molar-refractivity contribution is 5.95. The molecule has 2 heterocycles. The van der Waals surface area contributed by atoms with Crippen LogP contribution in [0.5, 0.6) is 0 Å². The summed E-state index contributed by atoms with van der Waals surface area (Å²) >= 11 is 0. The molecule has 0 atom stereocenters. The Morgan fingerprint density at radius 2 is 2.17 bits per heavy atom. The van der Waals surface area contributed by atoms with Crippen LogP contribution in [0.25, 0.3) is 0 Å². The number of amides is 1. The highest BCUT2D eigenvalue weighted by Crippen LogP contribution is 2.37. The van der Waals surface area contributed by atoms with E-state index >= 15 is 0 Å². The van der Waals surface area contributed by atoms with Gasteiger partial charge in [0.25, 0.3) is 11.5 Å². The third-order valence-electron chi connectivity index (χ3n) is 3.28. The predicted octanol–water partition coefficient (Wildman–Crippen LogP) is 0.0843. The maximum Gasteiger partial charge on any atom is 0.264 e. The predicted molar refractivity (Wildman–Crippen MR) is 63.6 cm³/mol. The average molecular weight is 249 g/mol. The molecule has 1 aliphatic heterocycles. The molecule has 1 saturated heterocycles. The molecule has 2 aliphatic rings. The van der Waals surface area contributed by atoms with Crippen molar-refractivity contribution in [2.75, 3.05) is 13.2 Å². The molecule has 6 heteroatoms. The molecule has 1 aromatic rings. The lowest BCUT2D eigenvalue weighted by Gasteiger charge is -2.26. The zero-order valence-electron chi connectivity index (χ0n) is 10.2. The molecule has 0 aromatic carbocycles. The molecule has 0 bridgehead atoms. The third kappa shape index (κ3) is 2.03. The van der Waals surface area contributed by atoms with E-state index in [4.69, 9.17) is 4.74 Å². The number of rotatable bonds is 3. The normalized spacial score (nSPS) is 19.4. The molecule has 6 nitrogen and oxygen atoms in total. The summed E-state index contributed by atoms with van der Waals surface area (Å²) in [5.41, 5.74) is 0.270. The zero-order valence-corrected chi connectivity index (χ0v) is 10.2. The largest absolute Gasteiger partial charge is 0.377 e. The standard InChI is InChI=1S/C12H15N3O3/c1-6-9(11(16)14-8-4-18-5-8)12(17)15-10(13-6)7-2-3-7/h7-8H,2-5H2,1H3,(H,14,16)(H,13,15,17). The fraction of sp³-hybridized carbons (Fsp3) is 0.583. The fourth-order valence-corrected chi connectivity index (χ4v) is 2.00. The average Bonchev–Trinajstić information content (AvgIpc) is 3.06. The summed E-state index contributed by atoms with van der Waals surface area (Å²) in [4.78, 5) is 30.9. The van der Waals surface area contributed by atoms with Crippen LogP contribution < -0.4 is 10.9 Å². The Balaban J connectivity index is 1.86. The van der Waals surface area contributed by atoms with Gasteiger partial charge in [0.1, 0.15) is 11.4 Å². The number of carbonyl (C=O) groups excluding carboxylic acids is 1. The Bertz CT molecular complexity index is 544. The van der Waals surface area contributed by atoms with Gasteiger partial charge in [-0.2, -0.15) is 0 Å². The second-order valence-electron chi connectivity index (χ2n) is 4.89. The van der Waals surface area contributed by atoms with Gasteiger partial charge >= 0.3 is 0 Å². The van der Waals surface area contributed by atoms with Gasteiger partial charge in [-0.25, -0.2) is 4.98 Å². The highest BCUT2D eigenvalue weighted by Gasteiger charge is 2.29. The van der Waals surface area contributed by atoms with Crippen LogP contribution in [0.1, 0.15) is 40.6 Å². The molecular weight excluding hydrogens is 234 g/mol. The first kappa shape index (κ1) is 11.4. The van der Waals surface area contributed by atoms with Crippen LogP contribution >= 0.6 is 0 Å². The second kappa shape index (κ2) is 4.20. The van der Waals surface area contributed by atoms with Crippen molar-refractivity contribution in [2.24, 2.45) is 0 Å². The number of ether oxygens (including phenoxy) is 1. The van der Waals surface area contributed by atoms with Gasteiger partial charge in [0, 0.05) is 5.92 Å². The van der Waals surface area contributed by atoms with E-state index < -0.39 is 0 Å². The Morgan fingerprint density at radius 3 is 2.67 bits per heavy atom. The Morgan fingerprint density at radius 1 is 1.44 bits per heavy atom. The monoisotopic (exact) mass is 249 g/mol. The van der Waals surface area contributed by atoms with E-state index in [1.807, 2.05) is 0 Å². The summed E-state index contributed by atoms with van der Waals surface area (Å²) in [5.74, 6) is 0.714. The highest BCUT2D eigenvalue weighted by atomic mass is 16.5. The zero-order chi connectivity index (χ0) is 12.7. The van der Waals surface area contributed by atoms with Crippen LogP contribution in [0.15, 0.2) is 4.79 Å². The number of hydrogen-bond acceptors (Lipinski definition) is 4. The van der Waals surface area contributed by atoms with Crippen molar-refractivity contribution in [3.05, 3.63) is 27.4 Å². The number of aryl methyl sites for hydroxylation is 1. The smallest absolute Gasteiger partial charge is 0.264 e. The maximum absolute atomic E-state index is 12.0. The van der Waals surface area contributed by atoms with Gasteiger partial charge in [-0.3, -0.25) is 9.59 Å². The van der Waals surface area contributed by atoms with Crippen molar-refractivity contribution in [3.63, 3.8) is 0 Å². The van der Waals surface area contributed by atoms with Gasteiger partial charge < -0.3 is 15.0 Å². The molecule has 1 aromatic heterocycles. The number of carbonyl (C=O) groups is 1. The van der Waals surface area contributed by atoms with Crippen molar-refractivity contribution in [1.82, 2.24) is 15.3 Å². The molecule has 0 spiro atoms. The van der Waals surface area contributed by atoms with Crippen LogP contribution in [0, 0.1) is 6.92 Å². The van der Waals surface area contributed by atoms with Gasteiger partial charge in [-0.05, 0) is 19.8 Å².